The lowest BCUT2D eigenvalue weighted by atomic mass is 9.93. The minimum atomic E-state index is -0.143. The van der Waals surface area contributed by atoms with Gasteiger partial charge in [0.1, 0.15) is 5.82 Å². The molecular weight excluding hydrogens is 261 g/mol. The summed E-state index contributed by atoms with van der Waals surface area (Å²) in [5.41, 5.74) is 1.25. The van der Waals surface area contributed by atoms with Gasteiger partial charge in [0.15, 0.2) is 0 Å². The van der Waals surface area contributed by atoms with Crippen LogP contribution in [0.15, 0.2) is 24.3 Å². The maximum atomic E-state index is 13.0. The Morgan fingerprint density at radius 1 is 1.00 bits per heavy atom. The summed E-state index contributed by atoms with van der Waals surface area (Å²) in [5.74, 6) is 0.509. The molecule has 0 aromatic heterocycles. The van der Waals surface area contributed by atoms with Gasteiger partial charge in [-0.2, -0.15) is 0 Å². The minimum absolute atomic E-state index is 0.143. The van der Waals surface area contributed by atoms with Crippen molar-refractivity contribution < 1.29 is 4.39 Å². The van der Waals surface area contributed by atoms with Gasteiger partial charge in [-0.15, -0.1) is 0 Å². The van der Waals surface area contributed by atoms with Crippen LogP contribution >= 0.6 is 0 Å². The molecule has 1 atom stereocenters. The van der Waals surface area contributed by atoms with Gasteiger partial charge in [0.25, 0.3) is 0 Å². The minimum Gasteiger partial charge on any atom is -0.314 e. The van der Waals surface area contributed by atoms with Gasteiger partial charge in [-0.25, -0.2) is 4.39 Å². The third-order valence-electron chi connectivity index (χ3n) is 3.97. The molecule has 0 fully saturated rings. The molecule has 2 heteroatoms. The molecule has 0 amide bonds. The van der Waals surface area contributed by atoms with Crippen molar-refractivity contribution in [2.45, 2.75) is 71.8 Å². The standard InChI is InChI=1S/C19H32FN/c1-4-5-6-7-8-9-18(15-21-16(2)3)14-17-10-12-19(20)13-11-17/h10-13,16,18,21H,4-9,14-15H2,1-3H3. The largest absolute Gasteiger partial charge is 0.314 e. The van der Waals surface area contributed by atoms with Gasteiger partial charge in [0.2, 0.25) is 0 Å². The van der Waals surface area contributed by atoms with Gasteiger partial charge in [-0.3, -0.25) is 0 Å². The molecule has 0 aliphatic heterocycles. The Bertz CT molecular complexity index is 358. The van der Waals surface area contributed by atoms with Crippen LogP contribution in [0.3, 0.4) is 0 Å². The second kappa shape index (κ2) is 10.8. The SMILES string of the molecule is CCCCCCCC(CNC(C)C)Cc1ccc(F)cc1. The highest BCUT2D eigenvalue weighted by Gasteiger charge is 2.10. The van der Waals surface area contributed by atoms with E-state index in [9.17, 15) is 4.39 Å². The summed E-state index contributed by atoms with van der Waals surface area (Å²) in [4.78, 5) is 0. The maximum absolute atomic E-state index is 13.0. The fourth-order valence-electron chi connectivity index (χ4n) is 2.67. The first-order valence-electron chi connectivity index (χ1n) is 8.59. The lowest BCUT2D eigenvalue weighted by molar-refractivity contribution is 0.403. The van der Waals surface area contributed by atoms with Gasteiger partial charge in [-0.1, -0.05) is 65.0 Å². The second-order valence-corrected chi connectivity index (χ2v) is 6.46. The maximum Gasteiger partial charge on any atom is 0.123 e. The molecule has 0 bridgehead atoms. The quantitative estimate of drug-likeness (QED) is 0.543. The molecule has 0 radical (unpaired) electrons. The second-order valence-electron chi connectivity index (χ2n) is 6.46. The van der Waals surface area contributed by atoms with Gasteiger partial charge < -0.3 is 5.32 Å². The lowest BCUT2D eigenvalue weighted by Crippen LogP contribution is -2.30. The number of halogens is 1. The summed E-state index contributed by atoms with van der Waals surface area (Å²) in [5, 5.41) is 3.56. The Hall–Kier alpha value is -0.890. The van der Waals surface area contributed by atoms with Crippen molar-refractivity contribution in [3.63, 3.8) is 0 Å². The van der Waals surface area contributed by atoms with E-state index in [1.54, 1.807) is 12.1 Å². The van der Waals surface area contributed by atoms with Crippen molar-refractivity contribution in [2.24, 2.45) is 5.92 Å². The van der Waals surface area contributed by atoms with Crippen LogP contribution in [-0.2, 0) is 6.42 Å². The van der Waals surface area contributed by atoms with E-state index < -0.39 is 0 Å². The third kappa shape index (κ3) is 8.87. The summed E-state index contributed by atoms with van der Waals surface area (Å²) in [6, 6.07) is 7.53. The van der Waals surface area contributed by atoms with Crippen molar-refractivity contribution in [1.82, 2.24) is 5.32 Å². The number of rotatable bonds is 11. The van der Waals surface area contributed by atoms with E-state index >= 15 is 0 Å². The number of hydrogen-bond donors (Lipinski definition) is 1. The summed E-state index contributed by atoms with van der Waals surface area (Å²) < 4.78 is 13.0. The lowest BCUT2D eigenvalue weighted by Gasteiger charge is -2.19. The number of nitrogens with one attached hydrogen (secondary N) is 1. The van der Waals surface area contributed by atoms with E-state index in [4.69, 9.17) is 0 Å². The van der Waals surface area contributed by atoms with Gasteiger partial charge in [-0.05, 0) is 43.0 Å². The third-order valence-corrected chi connectivity index (χ3v) is 3.97. The van der Waals surface area contributed by atoms with Crippen LogP contribution in [0.1, 0.15) is 64.9 Å². The first-order valence-corrected chi connectivity index (χ1v) is 8.59. The molecule has 1 N–H and O–H groups in total. The van der Waals surface area contributed by atoms with E-state index in [0.717, 1.165) is 13.0 Å². The molecule has 0 saturated heterocycles. The van der Waals surface area contributed by atoms with Crippen molar-refractivity contribution >= 4 is 0 Å². The molecule has 0 spiro atoms. The molecule has 1 aromatic rings. The van der Waals surface area contributed by atoms with Crippen LogP contribution in [0.4, 0.5) is 4.39 Å². The van der Waals surface area contributed by atoms with Crippen molar-refractivity contribution in [2.75, 3.05) is 6.54 Å². The molecule has 1 rings (SSSR count). The number of benzene rings is 1. The molecule has 0 heterocycles. The fraction of sp³-hybridized carbons (Fsp3) is 0.684. The van der Waals surface area contributed by atoms with Crippen LogP contribution in [0.2, 0.25) is 0 Å². The topological polar surface area (TPSA) is 12.0 Å². The van der Waals surface area contributed by atoms with E-state index in [0.29, 0.717) is 12.0 Å². The Labute approximate surface area is 130 Å². The van der Waals surface area contributed by atoms with Crippen molar-refractivity contribution in [3.8, 4) is 0 Å². The van der Waals surface area contributed by atoms with E-state index in [1.165, 1.54) is 44.1 Å². The molecule has 1 nitrogen and oxygen atoms in total. The summed E-state index contributed by atoms with van der Waals surface area (Å²) >= 11 is 0. The van der Waals surface area contributed by atoms with Crippen molar-refractivity contribution in [1.29, 1.82) is 0 Å². The molecule has 1 unspecified atom stereocenters. The Morgan fingerprint density at radius 3 is 2.29 bits per heavy atom. The van der Waals surface area contributed by atoms with Gasteiger partial charge in [0.05, 0.1) is 0 Å². The highest BCUT2D eigenvalue weighted by Crippen LogP contribution is 2.17. The predicted octanol–water partition coefficient (Wildman–Crippen LogP) is 5.34. The Morgan fingerprint density at radius 2 is 1.67 bits per heavy atom. The van der Waals surface area contributed by atoms with Crippen LogP contribution in [0, 0.1) is 11.7 Å². The van der Waals surface area contributed by atoms with E-state index in [2.05, 4.69) is 26.1 Å². The molecular formula is C19H32FN. The van der Waals surface area contributed by atoms with Gasteiger partial charge >= 0.3 is 0 Å². The average molecular weight is 293 g/mol. The van der Waals surface area contributed by atoms with Crippen molar-refractivity contribution in [3.05, 3.63) is 35.6 Å². The van der Waals surface area contributed by atoms with Gasteiger partial charge in [0, 0.05) is 6.04 Å². The normalized spacial score (nSPS) is 12.8. The highest BCUT2D eigenvalue weighted by molar-refractivity contribution is 5.16. The van der Waals surface area contributed by atoms with E-state index in [-0.39, 0.29) is 5.82 Å². The molecule has 0 aliphatic rings. The number of hydrogen-bond acceptors (Lipinski definition) is 1. The average Bonchev–Trinajstić information content (AvgIpc) is 2.46. The molecule has 120 valence electrons. The summed E-state index contributed by atoms with van der Waals surface area (Å²) in [7, 11) is 0. The predicted molar refractivity (Wildman–Crippen MR) is 90.1 cm³/mol. The Balaban J connectivity index is 2.41. The fourth-order valence-corrected chi connectivity index (χ4v) is 2.67. The molecule has 21 heavy (non-hydrogen) atoms. The molecule has 0 saturated carbocycles. The molecule has 0 aliphatic carbocycles. The monoisotopic (exact) mass is 293 g/mol. The highest BCUT2D eigenvalue weighted by atomic mass is 19.1. The van der Waals surface area contributed by atoms with Crippen LogP contribution < -0.4 is 5.32 Å². The summed E-state index contributed by atoms with van der Waals surface area (Å²) in [6.45, 7) is 7.69. The Kier molecular flexibility index (Phi) is 9.32. The summed E-state index contributed by atoms with van der Waals surface area (Å²) in [6.07, 6.45) is 8.98. The first-order chi connectivity index (χ1) is 10.1. The van der Waals surface area contributed by atoms with Crippen LogP contribution in [0.5, 0.6) is 0 Å². The molecule has 1 aromatic carbocycles. The number of unbranched alkanes of at least 4 members (excludes halogenated alkanes) is 4. The van der Waals surface area contributed by atoms with E-state index in [1.807, 2.05) is 12.1 Å². The van der Waals surface area contributed by atoms with Crippen LogP contribution in [-0.4, -0.2) is 12.6 Å². The zero-order valence-electron chi connectivity index (χ0n) is 14.0. The smallest absolute Gasteiger partial charge is 0.123 e. The zero-order chi connectivity index (χ0) is 15.5. The van der Waals surface area contributed by atoms with Crippen LogP contribution in [0.25, 0.3) is 0 Å². The first kappa shape index (κ1) is 18.2. The zero-order valence-corrected chi connectivity index (χ0v) is 14.0.